The average molecular weight is 320 g/mol. The highest BCUT2D eigenvalue weighted by atomic mass is 32.2. The Hall–Kier alpha value is -1.25. The van der Waals surface area contributed by atoms with E-state index in [2.05, 4.69) is 0 Å². The van der Waals surface area contributed by atoms with Crippen molar-refractivity contribution in [1.29, 1.82) is 0 Å². The zero-order chi connectivity index (χ0) is 15.6. The second-order valence-corrected chi connectivity index (χ2v) is 7.16. The first kappa shape index (κ1) is 16.1. The average Bonchev–Trinajstić information content (AvgIpc) is 2.43. The third-order valence-electron chi connectivity index (χ3n) is 3.60. The van der Waals surface area contributed by atoms with Gasteiger partial charge < -0.3 is 10.5 Å². The van der Waals surface area contributed by atoms with Gasteiger partial charge in [0.15, 0.2) is 0 Å². The Balaban J connectivity index is 2.22. The van der Waals surface area contributed by atoms with Gasteiger partial charge in [-0.15, -0.1) is 0 Å². The number of anilines is 1. The molecule has 0 radical (unpaired) electrons. The molecular weight excluding hydrogens is 302 g/mol. The summed E-state index contributed by atoms with van der Waals surface area (Å²) in [7, 11) is -2.66. The van der Waals surface area contributed by atoms with Crippen molar-refractivity contribution < 1.29 is 21.9 Å². The van der Waals surface area contributed by atoms with Crippen LogP contribution in [-0.4, -0.2) is 39.5 Å². The molecular formula is C13H18F2N2O3S. The molecule has 0 unspecified atom stereocenters. The van der Waals surface area contributed by atoms with Gasteiger partial charge in [0.25, 0.3) is 0 Å². The van der Waals surface area contributed by atoms with Crippen molar-refractivity contribution in [3.05, 3.63) is 23.8 Å². The zero-order valence-electron chi connectivity index (χ0n) is 11.7. The van der Waals surface area contributed by atoms with Crippen LogP contribution in [0, 0.1) is 17.6 Å². The lowest BCUT2D eigenvalue weighted by Gasteiger charge is -2.26. The molecule has 1 aromatic rings. The number of halogens is 2. The zero-order valence-corrected chi connectivity index (χ0v) is 12.5. The van der Waals surface area contributed by atoms with Crippen molar-refractivity contribution >= 4 is 15.7 Å². The Morgan fingerprint density at radius 1 is 1.29 bits per heavy atom. The maximum atomic E-state index is 13.7. The van der Waals surface area contributed by atoms with Crippen LogP contribution in [0.3, 0.4) is 0 Å². The fourth-order valence-electron chi connectivity index (χ4n) is 2.30. The van der Waals surface area contributed by atoms with Crippen molar-refractivity contribution in [2.75, 3.05) is 32.5 Å². The number of nitrogen functional groups attached to an aromatic ring is 1. The van der Waals surface area contributed by atoms with E-state index in [1.54, 1.807) is 0 Å². The van der Waals surface area contributed by atoms with Crippen LogP contribution in [0.25, 0.3) is 0 Å². The van der Waals surface area contributed by atoms with Crippen LogP contribution in [0.1, 0.15) is 12.8 Å². The second-order valence-electron chi connectivity index (χ2n) is 5.15. The molecule has 0 spiro atoms. The number of hydrogen-bond donors (Lipinski definition) is 1. The first-order valence-corrected chi connectivity index (χ1v) is 8.05. The van der Waals surface area contributed by atoms with Gasteiger partial charge in [0, 0.05) is 32.9 Å². The van der Waals surface area contributed by atoms with E-state index in [9.17, 15) is 17.2 Å². The molecule has 1 aliphatic heterocycles. The van der Waals surface area contributed by atoms with E-state index in [1.165, 1.54) is 7.05 Å². The van der Waals surface area contributed by atoms with Crippen LogP contribution in [0.5, 0.6) is 0 Å². The van der Waals surface area contributed by atoms with Gasteiger partial charge in [-0.1, -0.05) is 0 Å². The highest BCUT2D eigenvalue weighted by Crippen LogP contribution is 2.25. The van der Waals surface area contributed by atoms with Gasteiger partial charge in [-0.05, 0) is 24.8 Å². The first-order valence-electron chi connectivity index (χ1n) is 6.61. The van der Waals surface area contributed by atoms with E-state index in [0.29, 0.717) is 19.3 Å². The molecule has 0 aromatic heterocycles. The normalized spacial score (nSPS) is 17.3. The van der Waals surface area contributed by atoms with Gasteiger partial charge in [-0.2, -0.15) is 0 Å². The summed E-state index contributed by atoms with van der Waals surface area (Å²) < 4.78 is 57.9. The van der Waals surface area contributed by atoms with Crippen molar-refractivity contribution in [1.82, 2.24) is 4.31 Å². The van der Waals surface area contributed by atoms with Crippen LogP contribution in [0.2, 0.25) is 0 Å². The third kappa shape index (κ3) is 3.50. The molecule has 8 heteroatoms. The van der Waals surface area contributed by atoms with Gasteiger partial charge in [0.1, 0.15) is 16.5 Å². The van der Waals surface area contributed by atoms with Gasteiger partial charge >= 0.3 is 0 Å². The van der Waals surface area contributed by atoms with Crippen molar-refractivity contribution in [2.45, 2.75) is 17.7 Å². The molecule has 2 rings (SSSR count). The Labute approximate surface area is 122 Å². The fourth-order valence-corrected chi connectivity index (χ4v) is 3.63. The second kappa shape index (κ2) is 6.25. The van der Waals surface area contributed by atoms with Crippen molar-refractivity contribution in [3.63, 3.8) is 0 Å². The topological polar surface area (TPSA) is 72.6 Å². The van der Waals surface area contributed by atoms with E-state index in [4.69, 9.17) is 10.5 Å². The number of ether oxygens (including phenoxy) is 1. The Bertz CT molecular complexity index is 616. The summed E-state index contributed by atoms with van der Waals surface area (Å²) >= 11 is 0. The van der Waals surface area contributed by atoms with Crippen LogP contribution >= 0.6 is 0 Å². The number of nitrogens with two attached hydrogens (primary N) is 1. The summed E-state index contributed by atoms with van der Waals surface area (Å²) in [5.41, 5.74) is 4.94. The number of hydrogen-bond acceptors (Lipinski definition) is 4. The predicted octanol–water partition coefficient (Wildman–Crippen LogP) is 1.59. The summed E-state index contributed by atoms with van der Waals surface area (Å²) in [6, 6.07) is 1.31. The minimum absolute atomic E-state index is 0.166. The minimum Gasteiger partial charge on any atom is -0.396 e. The third-order valence-corrected chi connectivity index (χ3v) is 5.43. The molecule has 1 saturated heterocycles. The van der Waals surface area contributed by atoms with E-state index in [1.807, 2.05) is 0 Å². The SMILES string of the molecule is CN(CC1CCOCC1)S(=O)(=O)c1cc(N)c(F)cc1F. The first-order chi connectivity index (χ1) is 9.82. The summed E-state index contributed by atoms with van der Waals surface area (Å²) in [6.07, 6.45) is 1.52. The molecule has 1 fully saturated rings. The molecule has 0 bridgehead atoms. The number of rotatable bonds is 4. The van der Waals surface area contributed by atoms with Crippen molar-refractivity contribution in [2.24, 2.45) is 5.92 Å². The molecule has 0 amide bonds. The maximum Gasteiger partial charge on any atom is 0.245 e. The van der Waals surface area contributed by atoms with Crippen LogP contribution in [0.4, 0.5) is 14.5 Å². The summed E-state index contributed by atoms with van der Waals surface area (Å²) in [5, 5.41) is 0. The minimum atomic E-state index is -4.04. The van der Waals surface area contributed by atoms with E-state index < -0.39 is 32.2 Å². The fraction of sp³-hybridized carbons (Fsp3) is 0.538. The monoisotopic (exact) mass is 320 g/mol. The number of sulfonamides is 1. The standard InChI is InChI=1S/C13H18F2N2O3S/c1-17(8-9-2-4-20-5-3-9)21(18,19)13-7-12(16)10(14)6-11(13)15/h6-7,9H,2-5,8,16H2,1H3. The molecule has 21 heavy (non-hydrogen) atoms. The van der Waals surface area contributed by atoms with Crippen LogP contribution in [0.15, 0.2) is 17.0 Å². The highest BCUT2D eigenvalue weighted by molar-refractivity contribution is 7.89. The molecule has 0 aliphatic carbocycles. The molecule has 1 aromatic carbocycles. The molecule has 0 atom stereocenters. The lowest BCUT2D eigenvalue weighted by Crippen LogP contribution is -2.34. The van der Waals surface area contributed by atoms with Crippen LogP contribution < -0.4 is 5.73 Å². The lowest BCUT2D eigenvalue weighted by molar-refractivity contribution is 0.0620. The maximum absolute atomic E-state index is 13.7. The quantitative estimate of drug-likeness (QED) is 0.855. The lowest BCUT2D eigenvalue weighted by atomic mass is 10.0. The van der Waals surface area contributed by atoms with Gasteiger partial charge in [0.2, 0.25) is 10.0 Å². The number of benzene rings is 1. The Morgan fingerprint density at radius 3 is 2.52 bits per heavy atom. The predicted molar refractivity (Wildman–Crippen MR) is 74.1 cm³/mol. The van der Waals surface area contributed by atoms with Gasteiger partial charge in [0.05, 0.1) is 5.69 Å². The summed E-state index contributed by atoms with van der Waals surface area (Å²) in [6.45, 7) is 1.45. The molecule has 5 nitrogen and oxygen atoms in total. The highest BCUT2D eigenvalue weighted by Gasteiger charge is 2.28. The Morgan fingerprint density at radius 2 is 1.90 bits per heavy atom. The summed E-state index contributed by atoms with van der Waals surface area (Å²) in [5.74, 6) is -1.95. The van der Waals surface area contributed by atoms with E-state index in [0.717, 1.165) is 23.2 Å². The van der Waals surface area contributed by atoms with Gasteiger partial charge in [-0.3, -0.25) is 0 Å². The molecule has 1 heterocycles. The van der Waals surface area contributed by atoms with E-state index >= 15 is 0 Å². The molecule has 1 aliphatic rings. The number of nitrogens with zero attached hydrogens (tertiary/aromatic N) is 1. The van der Waals surface area contributed by atoms with Crippen molar-refractivity contribution in [3.8, 4) is 0 Å². The molecule has 118 valence electrons. The van der Waals surface area contributed by atoms with E-state index in [-0.39, 0.29) is 12.5 Å². The smallest absolute Gasteiger partial charge is 0.245 e. The summed E-state index contributed by atoms with van der Waals surface area (Å²) in [4.78, 5) is -0.601. The van der Waals surface area contributed by atoms with Crippen LogP contribution in [-0.2, 0) is 14.8 Å². The molecule has 0 saturated carbocycles. The Kier molecular flexibility index (Phi) is 4.80. The molecule has 2 N–H and O–H groups in total. The largest absolute Gasteiger partial charge is 0.396 e. The van der Waals surface area contributed by atoms with Gasteiger partial charge in [-0.25, -0.2) is 21.5 Å².